The van der Waals surface area contributed by atoms with Gasteiger partial charge in [0.05, 0.1) is 6.61 Å². The zero-order valence-electron chi connectivity index (χ0n) is 13.9. The molecular weight excluding hydrogens is 238 g/mol. The minimum Gasteiger partial charge on any atom is -0.383 e. The summed E-state index contributed by atoms with van der Waals surface area (Å²) < 4.78 is 5.38. The summed E-state index contributed by atoms with van der Waals surface area (Å²) in [5, 5.41) is 3.55. The number of methoxy groups -OCH3 is 1. The van der Waals surface area contributed by atoms with Gasteiger partial charge in [-0.25, -0.2) is 0 Å². The van der Waals surface area contributed by atoms with E-state index in [4.69, 9.17) is 4.74 Å². The monoisotopic (exact) mass is 273 g/mol. The lowest BCUT2D eigenvalue weighted by molar-refractivity contribution is 0.0897. The molecule has 0 aliphatic heterocycles. The van der Waals surface area contributed by atoms with E-state index in [-0.39, 0.29) is 0 Å². The highest BCUT2D eigenvalue weighted by Gasteiger charge is 2.16. The molecule has 0 spiro atoms. The van der Waals surface area contributed by atoms with Crippen LogP contribution >= 0.6 is 0 Å². The number of hydrogen-bond acceptors (Lipinski definition) is 4. The van der Waals surface area contributed by atoms with Crippen molar-refractivity contribution in [1.29, 1.82) is 0 Å². The predicted molar refractivity (Wildman–Crippen MR) is 83.8 cm³/mol. The van der Waals surface area contributed by atoms with Gasteiger partial charge in [0.15, 0.2) is 0 Å². The van der Waals surface area contributed by atoms with Crippen molar-refractivity contribution in [2.45, 2.75) is 33.2 Å². The molecule has 0 aromatic carbocycles. The zero-order chi connectivity index (χ0) is 14.7. The molecule has 0 aliphatic rings. The van der Waals surface area contributed by atoms with Gasteiger partial charge in [-0.05, 0) is 52.6 Å². The normalized spacial score (nSPS) is 13.7. The van der Waals surface area contributed by atoms with Crippen LogP contribution in [0.15, 0.2) is 0 Å². The van der Waals surface area contributed by atoms with Crippen LogP contribution in [0.3, 0.4) is 0 Å². The highest BCUT2D eigenvalue weighted by molar-refractivity contribution is 4.74. The van der Waals surface area contributed by atoms with Crippen molar-refractivity contribution >= 4 is 0 Å². The molecule has 1 N–H and O–H groups in total. The van der Waals surface area contributed by atoms with Crippen LogP contribution in [0, 0.1) is 5.92 Å². The van der Waals surface area contributed by atoms with Crippen molar-refractivity contribution in [1.82, 2.24) is 15.1 Å². The van der Waals surface area contributed by atoms with E-state index in [2.05, 4.69) is 50.0 Å². The maximum Gasteiger partial charge on any atom is 0.0630 e. The fourth-order valence-electron chi connectivity index (χ4n) is 2.21. The topological polar surface area (TPSA) is 27.7 Å². The summed E-state index contributed by atoms with van der Waals surface area (Å²) >= 11 is 0. The molecule has 0 fully saturated rings. The summed E-state index contributed by atoms with van der Waals surface area (Å²) in [6.45, 7) is 13.0. The van der Waals surface area contributed by atoms with Crippen LogP contribution in [0.25, 0.3) is 0 Å². The average Bonchev–Trinajstić information content (AvgIpc) is 2.33. The summed E-state index contributed by atoms with van der Waals surface area (Å²) in [6, 6.07) is 0.482. The molecule has 0 aliphatic carbocycles. The molecule has 1 unspecified atom stereocenters. The van der Waals surface area contributed by atoms with E-state index in [1.165, 1.54) is 6.42 Å². The molecule has 0 radical (unpaired) electrons. The quantitative estimate of drug-likeness (QED) is 0.583. The highest BCUT2D eigenvalue weighted by Crippen LogP contribution is 2.02. The van der Waals surface area contributed by atoms with Crippen LogP contribution in [0.4, 0.5) is 0 Å². The second-order valence-corrected chi connectivity index (χ2v) is 5.95. The van der Waals surface area contributed by atoms with Gasteiger partial charge in [0.1, 0.15) is 0 Å². The van der Waals surface area contributed by atoms with Crippen LogP contribution in [0.5, 0.6) is 0 Å². The standard InChI is InChI=1S/C15H35N3O/c1-7-18(10-8-9-17(4)5)15(13-19-6)12-16-11-14(2)3/h14-16H,7-13H2,1-6H3. The largest absolute Gasteiger partial charge is 0.383 e. The van der Waals surface area contributed by atoms with Gasteiger partial charge in [0, 0.05) is 19.7 Å². The van der Waals surface area contributed by atoms with Crippen molar-refractivity contribution in [2.24, 2.45) is 5.92 Å². The first-order valence-corrected chi connectivity index (χ1v) is 7.59. The van der Waals surface area contributed by atoms with Gasteiger partial charge in [-0.15, -0.1) is 0 Å². The first kappa shape index (κ1) is 18.8. The molecule has 0 bridgehead atoms. The van der Waals surface area contributed by atoms with Crippen molar-refractivity contribution in [3.8, 4) is 0 Å². The fourth-order valence-corrected chi connectivity index (χ4v) is 2.21. The van der Waals surface area contributed by atoms with Crippen LogP contribution in [-0.4, -0.2) is 76.4 Å². The Labute approximate surface area is 120 Å². The number of likely N-dealkylation sites (N-methyl/N-ethyl adjacent to an activating group) is 1. The van der Waals surface area contributed by atoms with Gasteiger partial charge in [0.2, 0.25) is 0 Å². The lowest BCUT2D eigenvalue weighted by Gasteiger charge is -2.31. The molecule has 0 heterocycles. The Morgan fingerprint density at radius 2 is 1.79 bits per heavy atom. The second kappa shape index (κ2) is 11.6. The molecule has 4 heteroatoms. The minimum absolute atomic E-state index is 0.482. The number of hydrogen-bond donors (Lipinski definition) is 1. The number of nitrogens with zero attached hydrogens (tertiary/aromatic N) is 2. The number of ether oxygens (including phenoxy) is 1. The van der Waals surface area contributed by atoms with E-state index in [0.29, 0.717) is 12.0 Å². The Balaban J connectivity index is 4.12. The van der Waals surface area contributed by atoms with Gasteiger partial charge in [-0.3, -0.25) is 4.90 Å². The summed E-state index contributed by atoms with van der Waals surface area (Å²) in [4.78, 5) is 4.77. The van der Waals surface area contributed by atoms with Gasteiger partial charge >= 0.3 is 0 Å². The molecular formula is C15H35N3O. The summed E-state index contributed by atoms with van der Waals surface area (Å²) in [7, 11) is 6.06. The minimum atomic E-state index is 0.482. The van der Waals surface area contributed by atoms with Crippen LogP contribution in [-0.2, 0) is 4.74 Å². The molecule has 0 rings (SSSR count). The van der Waals surface area contributed by atoms with E-state index in [1.54, 1.807) is 7.11 Å². The third-order valence-corrected chi connectivity index (χ3v) is 3.26. The number of rotatable bonds is 12. The van der Waals surface area contributed by atoms with Crippen molar-refractivity contribution in [2.75, 3.05) is 60.5 Å². The second-order valence-electron chi connectivity index (χ2n) is 5.95. The highest BCUT2D eigenvalue weighted by atomic mass is 16.5. The Morgan fingerprint density at radius 1 is 1.11 bits per heavy atom. The van der Waals surface area contributed by atoms with Gasteiger partial charge in [-0.2, -0.15) is 0 Å². The summed E-state index contributed by atoms with van der Waals surface area (Å²) in [6.07, 6.45) is 1.21. The average molecular weight is 273 g/mol. The lowest BCUT2D eigenvalue weighted by atomic mass is 10.2. The van der Waals surface area contributed by atoms with Crippen molar-refractivity contribution in [3.63, 3.8) is 0 Å². The van der Waals surface area contributed by atoms with E-state index in [1.807, 2.05) is 0 Å². The first-order chi connectivity index (χ1) is 9.01. The van der Waals surface area contributed by atoms with Gasteiger partial charge in [0.25, 0.3) is 0 Å². The fraction of sp³-hybridized carbons (Fsp3) is 1.00. The van der Waals surface area contributed by atoms with Crippen molar-refractivity contribution < 1.29 is 4.74 Å². The SMILES string of the molecule is CCN(CCCN(C)C)C(CNCC(C)C)COC. The van der Waals surface area contributed by atoms with Crippen LogP contribution in [0.1, 0.15) is 27.2 Å². The van der Waals surface area contributed by atoms with E-state index < -0.39 is 0 Å². The zero-order valence-corrected chi connectivity index (χ0v) is 13.9. The third kappa shape index (κ3) is 10.3. The lowest BCUT2D eigenvalue weighted by Crippen LogP contribution is -2.46. The third-order valence-electron chi connectivity index (χ3n) is 3.26. The molecule has 0 aromatic heterocycles. The van der Waals surface area contributed by atoms with E-state index in [9.17, 15) is 0 Å². The molecule has 116 valence electrons. The van der Waals surface area contributed by atoms with E-state index in [0.717, 1.165) is 39.3 Å². The molecule has 0 amide bonds. The Morgan fingerprint density at radius 3 is 2.26 bits per heavy atom. The Bertz CT molecular complexity index is 198. The molecule has 0 aromatic rings. The molecule has 0 saturated carbocycles. The van der Waals surface area contributed by atoms with Gasteiger partial charge < -0.3 is 15.0 Å². The maximum atomic E-state index is 5.38. The van der Waals surface area contributed by atoms with Crippen LogP contribution in [0.2, 0.25) is 0 Å². The molecule has 4 nitrogen and oxygen atoms in total. The molecule has 0 saturated heterocycles. The molecule has 1 atom stereocenters. The smallest absolute Gasteiger partial charge is 0.0630 e. The van der Waals surface area contributed by atoms with Crippen molar-refractivity contribution in [3.05, 3.63) is 0 Å². The molecule has 19 heavy (non-hydrogen) atoms. The maximum absolute atomic E-state index is 5.38. The van der Waals surface area contributed by atoms with Crippen LogP contribution < -0.4 is 5.32 Å². The Hall–Kier alpha value is -0.160. The number of nitrogens with one attached hydrogen (secondary N) is 1. The van der Waals surface area contributed by atoms with E-state index >= 15 is 0 Å². The van der Waals surface area contributed by atoms with Gasteiger partial charge in [-0.1, -0.05) is 20.8 Å². The Kier molecular flexibility index (Phi) is 11.6. The predicted octanol–water partition coefficient (Wildman–Crippen LogP) is 1.52. The first-order valence-electron chi connectivity index (χ1n) is 7.59. The summed E-state index contributed by atoms with van der Waals surface area (Å²) in [5.74, 6) is 0.701. The summed E-state index contributed by atoms with van der Waals surface area (Å²) in [5.41, 5.74) is 0.